The largest absolute Gasteiger partial charge is 0.462 e. The summed E-state index contributed by atoms with van der Waals surface area (Å²) in [4.78, 5) is 69.3. The molecule has 0 amide bonds. The number of esters is 5. The Bertz CT molecular complexity index is 640. The number of aliphatic hydroxyl groups excluding tert-OH is 1. The average molecular weight is 420 g/mol. The van der Waals surface area contributed by atoms with E-state index in [4.69, 9.17) is 23.7 Å². The summed E-state index contributed by atoms with van der Waals surface area (Å²) in [5.41, 5.74) is 0. The van der Waals surface area contributed by atoms with E-state index in [1.165, 1.54) is 0 Å². The minimum Gasteiger partial charge on any atom is -0.462 e. The van der Waals surface area contributed by atoms with E-state index in [0.29, 0.717) is 0 Å². The van der Waals surface area contributed by atoms with Gasteiger partial charge in [0.15, 0.2) is 18.3 Å². The van der Waals surface area contributed by atoms with Crippen molar-refractivity contribution >= 4 is 35.6 Å². The van der Waals surface area contributed by atoms with Gasteiger partial charge in [-0.25, -0.2) is 0 Å². The first-order valence-corrected chi connectivity index (χ1v) is 8.34. The van der Waals surface area contributed by atoms with Crippen LogP contribution in [0.5, 0.6) is 0 Å². The Morgan fingerprint density at radius 3 is 1.48 bits per heavy atom. The molecule has 0 radical (unpaired) electrons. The van der Waals surface area contributed by atoms with E-state index >= 15 is 0 Å². The maximum absolute atomic E-state index is 12.1. The Hall–Kier alpha value is -3.02. The fourth-order valence-electron chi connectivity index (χ4n) is 2.23. The van der Waals surface area contributed by atoms with Crippen molar-refractivity contribution in [2.45, 2.75) is 59.0 Å². The van der Waals surface area contributed by atoms with Gasteiger partial charge in [-0.15, -0.1) is 0 Å². The molecule has 0 aromatic heterocycles. The van der Waals surface area contributed by atoms with Crippen LogP contribution in [-0.2, 0) is 52.5 Å². The molecule has 0 aliphatic carbocycles. The second-order valence-electron chi connectivity index (χ2n) is 5.75. The fourth-order valence-corrected chi connectivity index (χ4v) is 2.23. The molecule has 12 nitrogen and oxygen atoms in total. The van der Waals surface area contributed by atoms with Crippen molar-refractivity contribution < 1.29 is 57.6 Å². The Labute approximate surface area is 166 Å². The Kier molecular flexibility index (Phi) is 11.1. The van der Waals surface area contributed by atoms with Crippen LogP contribution < -0.4 is 0 Å². The molecule has 0 unspecified atom stereocenters. The lowest BCUT2D eigenvalue weighted by Crippen LogP contribution is -2.55. The molecule has 0 aliphatic heterocycles. The second kappa shape index (κ2) is 12.4. The number of carbonyl (C=O) groups is 6. The lowest BCUT2D eigenvalue weighted by molar-refractivity contribution is -0.203. The number of ketones is 1. The third-order valence-electron chi connectivity index (χ3n) is 3.13. The van der Waals surface area contributed by atoms with Crippen LogP contribution in [0.1, 0.15) is 34.6 Å². The summed E-state index contributed by atoms with van der Waals surface area (Å²) >= 11 is 0. The van der Waals surface area contributed by atoms with Gasteiger partial charge in [0.1, 0.15) is 13.2 Å². The van der Waals surface area contributed by atoms with Gasteiger partial charge in [0.25, 0.3) is 0 Å². The molecular formula is C17H24O12. The molecule has 0 bridgehead atoms. The first-order valence-electron chi connectivity index (χ1n) is 8.34. The van der Waals surface area contributed by atoms with Gasteiger partial charge in [-0.1, -0.05) is 0 Å². The van der Waals surface area contributed by atoms with E-state index in [1.54, 1.807) is 0 Å². The lowest BCUT2D eigenvalue weighted by atomic mass is 9.99. The van der Waals surface area contributed by atoms with Crippen molar-refractivity contribution in [3.05, 3.63) is 0 Å². The molecule has 0 saturated carbocycles. The highest BCUT2D eigenvalue weighted by atomic mass is 16.6. The van der Waals surface area contributed by atoms with Crippen LogP contribution in [0.25, 0.3) is 0 Å². The van der Waals surface area contributed by atoms with E-state index in [-0.39, 0.29) is 0 Å². The maximum atomic E-state index is 12.1. The van der Waals surface area contributed by atoms with E-state index in [0.717, 1.165) is 34.6 Å². The SMILES string of the molecule is CC(=O)OC[C@@H](OC(C)=O)[C@H](OC(C)=O)[C@@H](OC(C)=O)[C@@H](OC(C)=O)C(=O)CO. The Morgan fingerprint density at radius 2 is 1.10 bits per heavy atom. The summed E-state index contributed by atoms with van der Waals surface area (Å²) in [6.45, 7) is 3.21. The van der Waals surface area contributed by atoms with Crippen molar-refractivity contribution in [1.29, 1.82) is 0 Å². The van der Waals surface area contributed by atoms with Crippen molar-refractivity contribution in [3.8, 4) is 0 Å². The van der Waals surface area contributed by atoms with Crippen LogP contribution in [-0.4, -0.2) is 78.4 Å². The van der Waals surface area contributed by atoms with Gasteiger partial charge in [-0.05, 0) is 0 Å². The molecule has 164 valence electrons. The Morgan fingerprint density at radius 1 is 0.655 bits per heavy atom. The molecule has 0 aliphatic rings. The molecule has 0 aromatic carbocycles. The average Bonchev–Trinajstić information content (AvgIpc) is 2.58. The van der Waals surface area contributed by atoms with Crippen LogP contribution in [0.2, 0.25) is 0 Å². The van der Waals surface area contributed by atoms with Crippen LogP contribution in [0.15, 0.2) is 0 Å². The highest BCUT2D eigenvalue weighted by molar-refractivity contribution is 5.87. The molecule has 0 heterocycles. The number of rotatable bonds is 11. The van der Waals surface area contributed by atoms with Gasteiger partial charge in [0, 0.05) is 34.6 Å². The van der Waals surface area contributed by atoms with E-state index in [9.17, 15) is 33.9 Å². The van der Waals surface area contributed by atoms with E-state index in [1.807, 2.05) is 0 Å². The van der Waals surface area contributed by atoms with Crippen LogP contribution in [0.4, 0.5) is 0 Å². The molecule has 29 heavy (non-hydrogen) atoms. The van der Waals surface area contributed by atoms with E-state index in [2.05, 4.69) is 0 Å². The van der Waals surface area contributed by atoms with E-state index < -0.39 is 73.3 Å². The van der Waals surface area contributed by atoms with Gasteiger partial charge in [0.2, 0.25) is 11.9 Å². The number of Topliss-reactive ketones (excluding diaryl/α,β-unsaturated/α-hetero) is 1. The molecule has 1 N–H and O–H groups in total. The van der Waals surface area contributed by atoms with Crippen LogP contribution in [0.3, 0.4) is 0 Å². The predicted octanol–water partition coefficient (Wildman–Crippen LogP) is -1.16. The zero-order chi connectivity index (χ0) is 22.7. The topological polar surface area (TPSA) is 169 Å². The highest BCUT2D eigenvalue weighted by Gasteiger charge is 2.46. The zero-order valence-corrected chi connectivity index (χ0v) is 16.7. The van der Waals surface area contributed by atoms with Crippen molar-refractivity contribution in [1.82, 2.24) is 0 Å². The quantitative estimate of drug-likeness (QED) is 0.315. The lowest BCUT2D eigenvalue weighted by Gasteiger charge is -2.34. The Balaban J connectivity index is 6.29. The minimum absolute atomic E-state index is 0.634. The fraction of sp³-hybridized carbons (Fsp3) is 0.647. The van der Waals surface area contributed by atoms with Gasteiger partial charge in [0.05, 0.1) is 0 Å². The minimum atomic E-state index is -1.90. The molecular weight excluding hydrogens is 396 g/mol. The number of hydrogen-bond donors (Lipinski definition) is 1. The molecule has 4 atom stereocenters. The summed E-state index contributed by atoms with van der Waals surface area (Å²) < 4.78 is 24.7. The van der Waals surface area contributed by atoms with Crippen LogP contribution >= 0.6 is 0 Å². The molecule has 0 fully saturated rings. The monoisotopic (exact) mass is 420 g/mol. The maximum Gasteiger partial charge on any atom is 0.303 e. The third kappa shape index (κ3) is 10.2. The highest BCUT2D eigenvalue weighted by Crippen LogP contribution is 2.20. The van der Waals surface area contributed by atoms with Gasteiger partial charge in [-0.3, -0.25) is 28.8 Å². The first-order chi connectivity index (χ1) is 13.4. The number of hydrogen-bond acceptors (Lipinski definition) is 12. The predicted molar refractivity (Wildman–Crippen MR) is 90.9 cm³/mol. The van der Waals surface area contributed by atoms with Gasteiger partial charge in [-0.2, -0.15) is 0 Å². The van der Waals surface area contributed by atoms with Crippen molar-refractivity contribution in [3.63, 3.8) is 0 Å². The van der Waals surface area contributed by atoms with Crippen molar-refractivity contribution in [2.24, 2.45) is 0 Å². The second-order valence-corrected chi connectivity index (χ2v) is 5.75. The summed E-state index contributed by atoms with van der Waals surface area (Å²) in [6.07, 6.45) is -6.98. The normalized spacial score (nSPS) is 14.4. The number of aliphatic hydroxyl groups is 1. The smallest absolute Gasteiger partial charge is 0.303 e. The molecule has 0 aromatic rings. The molecule has 0 rings (SSSR count). The zero-order valence-electron chi connectivity index (χ0n) is 16.7. The summed E-state index contributed by atoms with van der Waals surface area (Å²) in [5, 5.41) is 9.18. The number of carbonyl (C=O) groups excluding carboxylic acids is 6. The standard InChI is InChI=1S/C17H24O12/c1-8(19)25-7-14(26-9(2)20)16(28-11(4)22)17(29-12(5)23)15(13(24)6-18)27-10(3)21/h14-18H,6-7H2,1-5H3/t14-,15+,16+,17+/m1/s1. The third-order valence-corrected chi connectivity index (χ3v) is 3.13. The first kappa shape index (κ1) is 26.0. The van der Waals surface area contributed by atoms with Crippen LogP contribution in [0, 0.1) is 0 Å². The van der Waals surface area contributed by atoms with Crippen molar-refractivity contribution in [2.75, 3.05) is 13.2 Å². The summed E-state index contributed by atoms with van der Waals surface area (Å²) in [6, 6.07) is 0. The number of ether oxygens (including phenoxy) is 5. The molecule has 12 heteroatoms. The summed E-state index contributed by atoms with van der Waals surface area (Å²) in [7, 11) is 0. The van der Waals surface area contributed by atoms with Gasteiger partial charge >= 0.3 is 29.8 Å². The molecule has 0 spiro atoms. The summed E-state index contributed by atoms with van der Waals surface area (Å²) in [5.74, 6) is -5.61. The molecule has 0 saturated heterocycles. The van der Waals surface area contributed by atoms with Gasteiger partial charge < -0.3 is 28.8 Å².